The zero-order chi connectivity index (χ0) is 8.55. The fourth-order valence-corrected chi connectivity index (χ4v) is 2.19. The van der Waals surface area contributed by atoms with Gasteiger partial charge < -0.3 is 4.90 Å². The summed E-state index contributed by atoms with van der Waals surface area (Å²) in [6.07, 6.45) is 4.71. The molecular weight excluding hydrogens is 150 g/mol. The molecule has 2 atom stereocenters. The predicted octanol–water partition coefficient (Wildman–Crippen LogP) is 1.65. The number of hydrogen-bond donors (Lipinski definition) is 0. The second-order valence-corrected chi connectivity index (χ2v) is 4.37. The Hall–Kier alpha value is -0.530. The lowest BCUT2D eigenvalue weighted by Gasteiger charge is -2.08. The molecule has 2 fully saturated rings. The molecule has 0 aromatic carbocycles. The van der Waals surface area contributed by atoms with Crippen molar-refractivity contribution in [3.63, 3.8) is 0 Å². The molecule has 2 aliphatic rings. The van der Waals surface area contributed by atoms with Crippen LogP contribution in [0.4, 0.5) is 0 Å². The summed E-state index contributed by atoms with van der Waals surface area (Å²) in [7, 11) is 0. The molecule has 2 rings (SSSR count). The minimum absolute atomic E-state index is 0.397. The lowest BCUT2D eigenvalue weighted by molar-refractivity contribution is -0.126. The lowest BCUT2D eigenvalue weighted by atomic mass is 10.0. The van der Waals surface area contributed by atoms with Crippen molar-refractivity contribution in [1.82, 2.24) is 4.90 Å². The van der Waals surface area contributed by atoms with Crippen LogP contribution in [0, 0.1) is 11.8 Å². The van der Waals surface area contributed by atoms with Crippen molar-refractivity contribution in [3.8, 4) is 0 Å². The first-order chi connectivity index (χ1) is 5.75. The maximum absolute atomic E-state index is 11.4. The van der Waals surface area contributed by atoms with Crippen molar-refractivity contribution in [3.05, 3.63) is 0 Å². The van der Waals surface area contributed by atoms with Gasteiger partial charge >= 0.3 is 0 Å². The van der Waals surface area contributed by atoms with Gasteiger partial charge in [-0.25, -0.2) is 0 Å². The highest BCUT2D eigenvalue weighted by Crippen LogP contribution is 2.33. The molecule has 2 heteroatoms. The van der Waals surface area contributed by atoms with Crippen molar-refractivity contribution in [2.24, 2.45) is 11.8 Å². The quantitative estimate of drug-likeness (QED) is 0.573. The number of carbonyl (C=O) groups is 1. The molecule has 12 heavy (non-hydrogen) atoms. The van der Waals surface area contributed by atoms with E-state index in [1.807, 2.05) is 4.90 Å². The van der Waals surface area contributed by atoms with Crippen molar-refractivity contribution in [2.45, 2.75) is 32.6 Å². The zero-order valence-corrected chi connectivity index (χ0v) is 7.75. The maximum atomic E-state index is 11.4. The smallest absolute Gasteiger partial charge is 0.222 e. The van der Waals surface area contributed by atoms with Gasteiger partial charge in [-0.15, -0.1) is 0 Å². The molecule has 1 aliphatic carbocycles. The monoisotopic (exact) mass is 167 g/mol. The van der Waals surface area contributed by atoms with E-state index in [9.17, 15) is 4.79 Å². The van der Waals surface area contributed by atoms with E-state index in [2.05, 4.69) is 6.92 Å². The molecule has 2 unspecified atom stereocenters. The van der Waals surface area contributed by atoms with Crippen molar-refractivity contribution < 1.29 is 4.79 Å². The first-order valence-corrected chi connectivity index (χ1v) is 5.03. The largest absolute Gasteiger partial charge is 0.339 e. The second kappa shape index (κ2) is 3.08. The average molecular weight is 167 g/mol. The summed E-state index contributed by atoms with van der Waals surface area (Å²) in [6, 6.07) is 0. The molecule has 1 saturated heterocycles. The van der Waals surface area contributed by atoms with Crippen LogP contribution in [0.2, 0.25) is 0 Å². The summed E-state index contributed by atoms with van der Waals surface area (Å²) in [6.45, 7) is 4.32. The lowest BCUT2D eigenvalue weighted by Crippen LogP contribution is -2.14. The van der Waals surface area contributed by atoms with E-state index in [4.69, 9.17) is 0 Å². The minimum atomic E-state index is 0.397. The van der Waals surface area contributed by atoms with Crippen LogP contribution in [0.15, 0.2) is 0 Å². The highest BCUT2D eigenvalue weighted by atomic mass is 16.2. The zero-order valence-electron chi connectivity index (χ0n) is 7.75. The van der Waals surface area contributed by atoms with E-state index in [-0.39, 0.29) is 0 Å². The maximum Gasteiger partial charge on any atom is 0.222 e. The van der Waals surface area contributed by atoms with E-state index in [1.165, 1.54) is 19.3 Å². The molecule has 0 aromatic rings. The molecule has 1 aliphatic heterocycles. The third kappa shape index (κ3) is 1.79. The van der Waals surface area contributed by atoms with Gasteiger partial charge in [0.1, 0.15) is 0 Å². The van der Waals surface area contributed by atoms with E-state index < -0.39 is 0 Å². The Morgan fingerprint density at radius 3 is 2.67 bits per heavy atom. The molecule has 0 spiro atoms. The average Bonchev–Trinajstić information content (AvgIpc) is 2.78. The van der Waals surface area contributed by atoms with Crippen LogP contribution < -0.4 is 0 Å². The molecule has 0 radical (unpaired) electrons. The van der Waals surface area contributed by atoms with Crippen molar-refractivity contribution >= 4 is 5.91 Å². The molecule has 0 N–H and O–H groups in total. The number of amides is 1. The Morgan fingerprint density at radius 1 is 1.42 bits per heavy atom. The van der Waals surface area contributed by atoms with Gasteiger partial charge in [0.2, 0.25) is 5.91 Å². The molecule has 0 aromatic heterocycles. The molecule has 2 nitrogen and oxygen atoms in total. The second-order valence-electron chi connectivity index (χ2n) is 4.37. The molecule has 1 saturated carbocycles. The summed E-state index contributed by atoms with van der Waals surface area (Å²) in [5.74, 6) is 1.96. The van der Waals surface area contributed by atoms with Gasteiger partial charge in [-0.2, -0.15) is 0 Å². The van der Waals surface area contributed by atoms with Crippen LogP contribution in [-0.2, 0) is 4.79 Å². The summed E-state index contributed by atoms with van der Waals surface area (Å²) in [4.78, 5) is 13.3. The Bertz CT molecular complexity index is 186. The Balaban J connectivity index is 1.75. The third-order valence-corrected chi connectivity index (χ3v) is 3.07. The third-order valence-electron chi connectivity index (χ3n) is 3.07. The van der Waals surface area contributed by atoms with E-state index in [1.54, 1.807) is 0 Å². The van der Waals surface area contributed by atoms with Gasteiger partial charge in [-0.1, -0.05) is 13.3 Å². The number of hydrogen-bond acceptors (Lipinski definition) is 1. The predicted molar refractivity (Wildman–Crippen MR) is 47.7 cm³/mol. The van der Waals surface area contributed by atoms with Crippen LogP contribution in [0.3, 0.4) is 0 Å². The topological polar surface area (TPSA) is 20.1 Å². The van der Waals surface area contributed by atoms with Gasteiger partial charge in [-0.05, 0) is 24.7 Å². The molecule has 68 valence electrons. The van der Waals surface area contributed by atoms with Gasteiger partial charge in [0, 0.05) is 19.5 Å². The fourth-order valence-electron chi connectivity index (χ4n) is 2.19. The first kappa shape index (κ1) is 8.09. The van der Waals surface area contributed by atoms with Crippen molar-refractivity contribution in [1.29, 1.82) is 0 Å². The summed E-state index contributed by atoms with van der Waals surface area (Å²) in [5, 5.41) is 0. The van der Waals surface area contributed by atoms with Gasteiger partial charge in [0.15, 0.2) is 0 Å². The Labute approximate surface area is 73.9 Å². The van der Waals surface area contributed by atoms with Crippen LogP contribution >= 0.6 is 0 Å². The number of carbonyl (C=O) groups excluding carboxylic acids is 1. The molecular formula is C10H17NO. The summed E-state index contributed by atoms with van der Waals surface area (Å²) < 4.78 is 0. The SMILES string of the molecule is CC1CCC(CC(=O)N2CC2)C1. The highest BCUT2D eigenvalue weighted by Gasteiger charge is 2.29. The van der Waals surface area contributed by atoms with Crippen molar-refractivity contribution in [2.75, 3.05) is 13.1 Å². The summed E-state index contributed by atoms with van der Waals surface area (Å²) in [5.41, 5.74) is 0. The first-order valence-electron chi connectivity index (χ1n) is 5.03. The van der Waals surface area contributed by atoms with Gasteiger partial charge in [0.25, 0.3) is 0 Å². The number of rotatable bonds is 2. The molecule has 0 bridgehead atoms. The minimum Gasteiger partial charge on any atom is -0.339 e. The van der Waals surface area contributed by atoms with Crippen LogP contribution in [-0.4, -0.2) is 23.9 Å². The van der Waals surface area contributed by atoms with Gasteiger partial charge in [-0.3, -0.25) is 4.79 Å². The standard InChI is InChI=1S/C10H17NO/c1-8-2-3-9(6-8)7-10(12)11-4-5-11/h8-9H,2-7H2,1H3. The van der Waals surface area contributed by atoms with Crippen LogP contribution in [0.5, 0.6) is 0 Å². The molecule has 1 heterocycles. The fraction of sp³-hybridized carbons (Fsp3) is 0.900. The van der Waals surface area contributed by atoms with E-state index >= 15 is 0 Å². The normalized spacial score (nSPS) is 33.9. The van der Waals surface area contributed by atoms with E-state index in [0.717, 1.165) is 25.4 Å². The van der Waals surface area contributed by atoms with Gasteiger partial charge in [0.05, 0.1) is 0 Å². The van der Waals surface area contributed by atoms with Crippen LogP contribution in [0.1, 0.15) is 32.6 Å². The Morgan fingerprint density at radius 2 is 2.17 bits per heavy atom. The van der Waals surface area contributed by atoms with Crippen LogP contribution in [0.25, 0.3) is 0 Å². The summed E-state index contributed by atoms with van der Waals surface area (Å²) >= 11 is 0. The Kier molecular flexibility index (Phi) is 2.07. The molecule has 1 amide bonds. The number of nitrogens with zero attached hydrogens (tertiary/aromatic N) is 1. The highest BCUT2D eigenvalue weighted by molar-refractivity contribution is 5.78. The van der Waals surface area contributed by atoms with E-state index in [0.29, 0.717) is 11.8 Å².